The topological polar surface area (TPSA) is 122 Å². The van der Waals surface area contributed by atoms with E-state index in [1.165, 1.54) is 17.0 Å². The summed E-state index contributed by atoms with van der Waals surface area (Å²) in [5.74, 6) is -0.180. The number of nitro benzene ring substituents is 1. The molecule has 2 atom stereocenters. The molecule has 0 aromatic heterocycles. The quantitative estimate of drug-likeness (QED) is 0.420. The van der Waals surface area contributed by atoms with Crippen molar-refractivity contribution in [3.05, 3.63) is 69.8 Å². The predicted octanol–water partition coefficient (Wildman–Crippen LogP) is 3.63. The molecular formula is C26H30N4O6. The number of methoxy groups -OCH3 is 1. The number of urea groups is 1. The van der Waals surface area contributed by atoms with E-state index >= 15 is 0 Å². The van der Waals surface area contributed by atoms with Crippen molar-refractivity contribution in [3.63, 3.8) is 0 Å². The van der Waals surface area contributed by atoms with Crippen LogP contribution < -0.4 is 10.1 Å². The normalized spacial score (nSPS) is 19.6. The number of nitro groups is 1. The number of carbonyl (C=O) groups is 3. The Morgan fingerprint density at radius 3 is 2.69 bits per heavy atom. The summed E-state index contributed by atoms with van der Waals surface area (Å²) in [5.41, 5.74) is 1.41. The molecule has 1 aliphatic carbocycles. The maximum absolute atomic E-state index is 13.4. The average molecular weight is 495 g/mol. The lowest BCUT2D eigenvalue weighted by Crippen LogP contribution is -2.62. The number of imide groups is 1. The van der Waals surface area contributed by atoms with E-state index in [1.54, 1.807) is 24.1 Å². The molecule has 2 fully saturated rings. The number of fused-ring (bicyclic) bond motifs is 1. The van der Waals surface area contributed by atoms with E-state index in [9.17, 15) is 24.5 Å². The zero-order valence-electron chi connectivity index (χ0n) is 20.2. The molecule has 0 spiro atoms. The van der Waals surface area contributed by atoms with Crippen molar-refractivity contribution in [2.45, 2.75) is 51.2 Å². The van der Waals surface area contributed by atoms with Crippen LogP contribution >= 0.6 is 0 Å². The Bertz CT molecular complexity index is 1150. The van der Waals surface area contributed by atoms with Crippen LogP contribution in [0.5, 0.6) is 5.75 Å². The molecule has 0 radical (unpaired) electrons. The molecule has 1 N–H and O–H groups in total. The van der Waals surface area contributed by atoms with E-state index in [1.807, 2.05) is 24.3 Å². The number of nitrogens with zero attached hydrogens (tertiary/aromatic N) is 3. The highest BCUT2D eigenvalue weighted by atomic mass is 16.6. The first kappa shape index (κ1) is 25.2. The van der Waals surface area contributed by atoms with Gasteiger partial charge in [0, 0.05) is 49.8 Å². The zero-order valence-corrected chi connectivity index (χ0v) is 20.2. The van der Waals surface area contributed by atoms with Gasteiger partial charge < -0.3 is 15.0 Å². The van der Waals surface area contributed by atoms with Crippen LogP contribution in [0.25, 0.3) is 0 Å². The third kappa shape index (κ3) is 5.48. The molecule has 36 heavy (non-hydrogen) atoms. The fourth-order valence-corrected chi connectivity index (χ4v) is 5.06. The van der Waals surface area contributed by atoms with Gasteiger partial charge in [-0.15, -0.1) is 0 Å². The standard InChI is InChI=1S/C26H30N4O6/c1-36-23-12-5-2-8-19(23)16-27-24(31)13-14-28-25(32)21-10-3-4-11-22(21)29(26(28)33)17-18-7-6-9-20(15-18)30(34)35/h2,5-9,12,15,21-22H,3-4,10-11,13-14,16-17H2,1H3,(H,27,31). The Kier molecular flexibility index (Phi) is 7.82. The number of rotatable bonds is 9. The molecule has 1 aliphatic heterocycles. The summed E-state index contributed by atoms with van der Waals surface area (Å²) in [6.07, 6.45) is 3.19. The molecule has 10 nitrogen and oxygen atoms in total. The Hall–Kier alpha value is -3.95. The van der Waals surface area contributed by atoms with Gasteiger partial charge in [0.05, 0.1) is 18.0 Å². The first-order valence-corrected chi connectivity index (χ1v) is 12.1. The fraction of sp³-hybridized carbons (Fsp3) is 0.423. The van der Waals surface area contributed by atoms with Gasteiger partial charge in [-0.05, 0) is 24.5 Å². The minimum Gasteiger partial charge on any atom is -0.496 e. The van der Waals surface area contributed by atoms with Crippen LogP contribution in [0.1, 0.15) is 43.2 Å². The first-order valence-electron chi connectivity index (χ1n) is 12.1. The molecule has 0 bridgehead atoms. The van der Waals surface area contributed by atoms with Gasteiger partial charge in [-0.2, -0.15) is 0 Å². The van der Waals surface area contributed by atoms with Crippen molar-refractivity contribution in [3.8, 4) is 5.75 Å². The number of benzene rings is 2. The number of hydrogen-bond donors (Lipinski definition) is 1. The number of carbonyl (C=O) groups excluding carboxylic acids is 3. The van der Waals surface area contributed by atoms with Crippen LogP contribution in [0.15, 0.2) is 48.5 Å². The van der Waals surface area contributed by atoms with Crippen LogP contribution in [0.4, 0.5) is 10.5 Å². The van der Waals surface area contributed by atoms with Gasteiger partial charge in [0.25, 0.3) is 5.69 Å². The second-order valence-corrected chi connectivity index (χ2v) is 9.12. The van der Waals surface area contributed by atoms with Crippen LogP contribution in [0.2, 0.25) is 0 Å². The third-order valence-electron chi connectivity index (χ3n) is 6.89. The van der Waals surface area contributed by atoms with Crippen LogP contribution in [-0.4, -0.2) is 52.3 Å². The summed E-state index contributed by atoms with van der Waals surface area (Å²) < 4.78 is 5.30. The molecular weight excluding hydrogens is 464 g/mol. The van der Waals surface area contributed by atoms with Crippen molar-refractivity contribution in [1.82, 2.24) is 15.1 Å². The maximum Gasteiger partial charge on any atom is 0.327 e. The van der Waals surface area contributed by atoms with Crippen molar-refractivity contribution >= 4 is 23.5 Å². The lowest BCUT2D eigenvalue weighted by atomic mass is 9.81. The van der Waals surface area contributed by atoms with Crippen molar-refractivity contribution in [2.24, 2.45) is 5.92 Å². The highest BCUT2D eigenvalue weighted by Gasteiger charge is 2.46. The smallest absolute Gasteiger partial charge is 0.327 e. The first-order chi connectivity index (χ1) is 17.4. The monoisotopic (exact) mass is 494 g/mol. The van der Waals surface area contributed by atoms with Crippen molar-refractivity contribution < 1.29 is 24.0 Å². The minimum atomic E-state index is -0.468. The number of ether oxygens (including phenoxy) is 1. The van der Waals surface area contributed by atoms with Gasteiger partial charge in [0.1, 0.15) is 5.75 Å². The molecule has 4 rings (SSSR count). The summed E-state index contributed by atoms with van der Waals surface area (Å²) in [5, 5.41) is 14.0. The van der Waals surface area contributed by atoms with Gasteiger partial charge in [0.2, 0.25) is 11.8 Å². The Balaban J connectivity index is 1.44. The van der Waals surface area contributed by atoms with E-state index in [0.717, 1.165) is 18.4 Å². The summed E-state index contributed by atoms with van der Waals surface area (Å²) >= 11 is 0. The van der Waals surface area contributed by atoms with Crippen molar-refractivity contribution in [2.75, 3.05) is 13.7 Å². The molecule has 2 aliphatic rings. The Morgan fingerprint density at radius 2 is 1.92 bits per heavy atom. The summed E-state index contributed by atoms with van der Waals surface area (Å²) in [7, 11) is 1.56. The van der Waals surface area contributed by atoms with Gasteiger partial charge >= 0.3 is 6.03 Å². The number of amides is 4. The molecule has 2 unspecified atom stereocenters. The van der Waals surface area contributed by atoms with E-state index in [2.05, 4.69) is 5.32 Å². The molecule has 4 amide bonds. The number of nitrogens with one attached hydrogen (secondary N) is 1. The largest absolute Gasteiger partial charge is 0.496 e. The predicted molar refractivity (Wildman–Crippen MR) is 131 cm³/mol. The molecule has 2 aromatic rings. The second kappa shape index (κ2) is 11.2. The number of hydrogen-bond acceptors (Lipinski definition) is 6. The lowest BCUT2D eigenvalue weighted by molar-refractivity contribution is -0.384. The maximum atomic E-state index is 13.4. The van der Waals surface area contributed by atoms with Gasteiger partial charge in [0.15, 0.2) is 0 Å². The van der Waals surface area contributed by atoms with E-state index in [4.69, 9.17) is 4.74 Å². The van der Waals surface area contributed by atoms with Crippen LogP contribution in [0, 0.1) is 16.0 Å². The number of non-ortho nitro benzene ring substituents is 1. The van der Waals surface area contributed by atoms with Crippen LogP contribution in [-0.2, 0) is 22.7 Å². The SMILES string of the molecule is COc1ccccc1CNC(=O)CCN1C(=O)C2CCCCC2N(Cc2cccc([N+](=O)[O-])c2)C1=O. The van der Waals surface area contributed by atoms with Crippen molar-refractivity contribution in [1.29, 1.82) is 0 Å². The summed E-state index contributed by atoms with van der Waals surface area (Å²) in [4.78, 5) is 52.8. The third-order valence-corrected chi connectivity index (χ3v) is 6.89. The Morgan fingerprint density at radius 1 is 1.14 bits per heavy atom. The van der Waals surface area contributed by atoms with E-state index < -0.39 is 11.0 Å². The summed E-state index contributed by atoms with van der Waals surface area (Å²) in [6.45, 7) is 0.421. The van der Waals surface area contributed by atoms with Gasteiger partial charge in [-0.1, -0.05) is 43.2 Å². The van der Waals surface area contributed by atoms with Gasteiger partial charge in [-0.25, -0.2) is 4.79 Å². The minimum absolute atomic E-state index is 0.0192. The average Bonchev–Trinajstić information content (AvgIpc) is 2.90. The number of para-hydroxylation sites is 1. The second-order valence-electron chi connectivity index (χ2n) is 9.12. The zero-order chi connectivity index (χ0) is 25.7. The molecule has 10 heteroatoms. The van der Waals surface area contributed by atoms with E-state index in [0.29, 0.717) is 24.2 Å². The highest BCUT2D eigenvalue weighted by Crippen LogP contribution is 2.35. The highest BCUT2D eigenvalue weighted by molar-refractivity contribution is 5.99. The lowest BCUT2D eigenvalue weighted by Gasteiger charge is -2.46. The molecule has 1 saturated heterocycles. The molecule has 1 heterocycles. The molecule has 1 saturated carbocycles. The Labute approximate surface area is 209 Å². The summed E-state index contributed by atoms with van der Waals surface area (Å²) in [6, 6.07) is 12.9. The van der Waals surface area contributed by atoms with Gasteiger partial charge in [-0.3, -0.25) is 24.6 Å². The van der Waals surface area contributed by atoms with E-state index in [-0.39, 0.29) is 55.5 Å². The van der Waals surface area contributed by atoms with Crippen LogP contribution in [0.3, 0.4) is 0 Å². The molecule has 190 valence electrons. The fourth-order valence-electron chi connectivity index (χ4n) is 5.06. The molecule has 2 aromatic carbocycles.